The van der Waals surface area contributed by atoms with E-state index < -0.39 is 11.9 Å². The smallest absolute Gasteiger partial charge is 0.306 e. The summed E-state index contributed by atoms with van der Waals surface area (Å²) in [6, 6.07) is 4.20. The van der Waals surface area contributed by atoms with Gasteiger partial charge in [-0.1, -0.05) is 24.6 Å². The van der Waals surface area contributed by atoms with Gasteiger partial charge in [-0.2, -0.15) is 0 Å². The van der Waals surface area contributed by atoms with Crippen LogP contribution >= 0.6 is 0 Å². The Kier molecular flexibility index (Phi) is 4.35. The molecule has 1 heterocycles. The number of aromatic nitrogens is 4. The van der Waals surface area contributed by atoms with Crippen molar-refractivity contribution in [3.63, 3.8) is 0 Å². The Bertz CT molecular complexity index is 640. The minimum atomic E-state index is -0.799. The van der Waals surface area contributed by atoms with E-state index in [4.69, 9.17) is 5.11 Å². The van der Waals surface area contributed by atoms with Crippen LogP contribution in [0, 0.1) is 26.7 Å². The van der Waals surface area contributed by atoms with E-state index in [-0.39, 0.29) is 0 Å². The van der Waals surface area contributed by atoms with E-state index in [1.807, 2.05) is 13.8 Å². The molecular weight excluding hydrogens is 268 g/mol. The lowest BCUT2D eigenvalue weighted by atomic mass is 9.99. The van der Waals surface area contributed by atoms with E-state index in [0.717, 1.165) is 16.7 Å². The van der Waals surface area contributed by atoms with Crippen LogP contribution in [-0.4, -0.2) is 31.3 Å². The maximum atomic E-state index is 10.9. The van der Waals surface area contributed by atoms with Crippen molar-refractivity contribution in [1.29, 1.82) is 0 Å². The van der Waals surface area contributed by atoms with Crippen LogP contribution in [0.3, 0.4) is 0 Å². The number of tetrazole rings is 1. The molecule has 1 aromatic heterocycles. The number of benzene rings is 1. The van der Waals surface area contributed by atoms with E-state index in [1.165, 1.54) is 5.56 Å². The number of carbonyl (C=O) groups is 1. The summed E-state index contributed by atoms with van der Waals surface area (Å²) in [4.78, 5) is 10.9. The molecule has 0 amide bonds. The maximum Gasteiger partial charge on any atom is 0.306 e. The average Bonchev–Trinajstić information content (AvgIpc) is 2.82. The number of aliphatic carboxylic acids is 1. The van der Waals surface area contributed by atoms with Crippen LogP contribution in [-0.2, 0) is 11.3 Å². The molecule has 0 spiro atoms. The number of hydrogen-bond donors (Lipinski definition) is 1. The van der Waals surface area contributed by atoms with Crippen LogP contribution in [0.15, 0.2) is 12.1 Å². The third-order valence-electron chi connectivity index (χ3n) is 3.63. The molecule has 0 saturated heterocycles. The summed E-state index contributed by atoms with van der Waals surface area (Å²) < 4.78 is 1.68. The van der Waals surface area contributed by atoms with Crippen LogP contribution in [0.5, 0.6) is 0 Å². The van der Waals surface area contributed by atoms with Gasteiger partial charge >= 0.3 is 5.97 Å². The van der Waals surface area contributed by atoms with E-state index in [2.05, 4.69) is 34.6 Å². The normalized spacial score (nSPS) is 12.4. The highest BCUT2D eigenvalue weighted by molar-refractivity contribution is 5.69. The Morgan fingerprint density at radius 2 is 1.90 bits per heavy atom. The lowest BCUT2D eigenvalue weighted by Gasteiger charge is -2.12. The average molecular weight is 288 g/mol. The predicted molar refractivity (Wildman–Crippen MR) is 78.9 cm³/mol. The molecule has 0 radical (unpaired) electrons. The molecule has 0 aliphatic carbocycles. The molecule has 1 N–H and O–H groups in total. The SMILES string of the molecule is Cc1cc(C)c(-c2nnnn2CCC(C)C(=O)O)c(C)c1. The summed E-state index contributed by atoms with van der Waals surface area (Å²) in [6.45, 7) is 8.31. The molecule has 112 valence electrons. The zero-order valence-corrected chi connectivity index (χ0v) is 12.8. The summed E-state index contributed by atoms with van der Waals surface area (Å²) in [5, 5.41) is 20.8. The second-order valence-corrected chi connectivity index (χ2v) is 5.53. The van der Waals surface area contributed by atoms with E-state index in [9.17, 15) is 4.79 Å². The van der Waals surface area contributed by atoms with E-state index in [1.54, 1.807) is 11.6 Å². The zero-order valence-electron chi connectivity index (χ0n) is 12.8. The molecule has 0 aliphatic rings. The van der Waals surface area contributed by atoms with Crippen molar-refractivity contribution in [2.45, 2.75) is 40.7 Å². The zero-order chi connectivity index (χ0) is 15.6. The summed E-state index contributed by atoms with van der Waals surface area (Å²) in [5.41, 5.74) is 4.46. The Balaban J connectivity index is 2.31. The lowest BCUT2D eigenvalue weighted by Crippen LogP contribution is -2.14. The van der Waals surface area contributed by atoms with Crippen molar-refractivity contribution in [3.05, 3.63) is 28.8 Å². The lowest BCUT2D eigenvalue weighted by molar-refractivity contribution is -0.141. The number of carboxylic acids is 1. The molecule has 1 aromatic carbocycles. The third-order valence-corrected chi connectivity index (χ3v) is 3.63. The van der Waals surface area contributed by atoms with Crippen molar-refractivity contribution >= 4 is 5.97 Å². The maximum absolute atomic E-state index is 10.9. The summed E-state index contributed by atoms with van der Waals surface area (Å²) >= 11 is 0. The molecule has 2 aromatic rings. The minimum Gasteiger partial charge on any atom is -0.481 e. The Morgan fingerprint density at radius 1 is 1.29 bits per heavy atom. The fourth-order valence-corrected chi connectivity index (χ4v) is 2.51. The van der Waals surface area contributed by atoms with Gasteiger partial charge in [-0.05, 0) is 48.7 Å². The number of hydrogen-bond acceptors (Lipinski definition) is 4. The first kappa shape index (κ1) is 15.2. The van der Waals surface area contributed by atoms with Gasteiger partial charge in [0.15, 0.2) is 5.82 Å². The van der Waals surface area contributed by atoms with E-state index >= 15 is 0 Å². The van der Waals surface area contributed by atoms with Gasteiger partial charge in [0.1, 0.15) is 0 Å². The highest BCUT2D eigenvalue weighted by Crippen LogP contribution is 2.26. The minimum absolute atomic E-state index is 0.415. The summed E-state index contributed by atoms with van der Waals surface area (Å²) in [5.74, 6) is -0.517. The fourth-order valence-electron chi connectivity index (χ4n) is 2.51. The summed E-state index contributed by atoms with van der Waals surface area (Å²) in [6.07, 6.45) is 0.497. The Labute approximate surface area is 123 Å². The molecule has 1 atom stereocenters. The van der Waals surface area contributed by atoms with Crippen molar-refractivity contribution in [1.82, 2.24) is 20.2 Å². The van der Waals surface area contributed by atoms with Crippen LogP contribution in [0.2, 0.25) is 0 Å². The van der Waals surface area contributed by atoms with Gasteiger partial charge in [0.25, 0.3) is 0 Å². The van der Waals surface area contributed by atoms with Crippen molar-refractivity contribution < 1.29 is 9.90 Å². The molecule has 0 bridgehead atoms. The van der Waals surface area contributed by atoms with Gasteiger partial charge in [0, 0.05) is 12.1 Å². The number of aryl methyl sites for hydroxylation is 4. The van der Waals surface area contributed by atoms with Crippen molar-refractivity contribution in [3.8, 4) is 11.4 Å². The van der Waals surface area contributed by atoms with Crippen LogP contribution < -0.4 is 0 Å². The molecule has 0 fully saturated rings. The van der Waals surface area contributed by atoms with Crippen molar-refractivity contribution in [2.75, 3.05) is 0 Å². The number of nitrogens with zero attached hydrogens (tertiary/aromatic N) is 4. The van der Waals surface area contributed by atoms with Gasteiger partial charge in [-0.25, -0.2) is 4.68 Å². The van der Waals surface area contributed by atoms with Crippen LogP contribution in [0.1, 0.15) is 30.0 Å². The van der Waals surface area contributed by atoms with Gasteiger partial charge in [-0.3, -0.25) is 4.79 Å². The summed E-state index contributed by atoms with van der Waals surface area (Å²) in [7, 11) is 0. The topological polar surface area (TPSA) is 80.9 Å². The molecule has 6 nitrogen and oxygen atoms in total. The van der Waals surface area contributed by atoms with E-state index in [0.29, 0.717) is 18.8 Å². The molecule has 0 aliphatic heterocycles. The van der Waals surface area contributed by atoms with Gasteiger partial charge < -0.3 is 5.11 Å². The van der Waals surface area contributed by atoms with Gasteiger partial charge in [0.2, 0.25) is 0 Å². The molecule has 6 heteroatoms. The third kappa shape index (κ3) is 3.26. The monoisotopic (exact) mass is 288 g/mol. The molecule has 0 saturated carbocycles. The fraction of sp³-hybridized carbons (Fsp3) is 0.467. The van der Waals surface area contributed by atoms with Gasteiger partial charge in [0.05, 0.1) is 5.92 Å². The predicted octanol–water partition coefficient (Wildman–Crippen LogP) is 2.38. The number of carboxylic acid groups (broad SMARTS) is 1. The number of rotatable bonds is 5. The highest BCUT2D eigenvalue weighted by Gasteiger charge is 2.17. The van der Waals surface area contributed by atoms with Crippen LogP contribution in [0.25, 0.3) is 11.4 Å². The molecule has 21 heavy (non-hydrogen) atoms. The Morgan fingerprint density at radius 3 is 2.48 bits per heavy atom. The second kappa shape index (κ2) is 6.03. The largest absolute Gasteiger partial charge is 0.481 e. The highest BCUT2D eigenvalue weighted by atomic mass is 16.4. The molecule has 1 unspecified atom stereocenters. The Hall–Kier alpha value is -2.24. The first-order chi connectivity index (χ1) is 9.90. The molecule has 2 rings (SSSR count). The quantitative estimate of drug-likeness (QED) is 0.913. The first-order valence-corrected chi connectivity index (χ1v) is 6.97. The first-order valence-electron chi connectivity index (χ1n) is 6.97. The second-order valence-electron chi connectivity index (χ2n) is 5.53. The van der Waals surface area contributed by atoms with Crippen LogP contribution in [0.4, 0.5) is 0 Å². The van der Waals surface area contributed by atoms with Gasteiger partial charge in [-0.15, -0.1) is 5.10 Å². The standard InChI is InChI=1S/C15H20N4O2/c1-9-7-11(3)13(12(4)8-9)14-16-17-18-19(14)6-5-10(2)15(20)21/h7-8,10H,5-6H2,1-4H3,(H,20,21). The van der Waals surface area contributed by atoms with Crippen molar-refractivity contribution in [2.24, 2.45) is 5.92 Å². The molecular formula is C15H20N4O2.